The first kappa shape index (κ1) is 17.0. The predicted molar refractivity (Wildman–Crippen MR) is 93.8 cm³/mol. The van der Waals surface area contributed by atoms with E-state index in [0.717, 1.165) is 29.4 Å². The SMILES string of the molecule is CCOC(=O)C(C)(C)n1c(=O)[nH]c2sc3c(c2c1=O)CCC(C)C3. The Kier molecular flexibility index (Phi) is 4.15. The maximum absolute atomic E-state index is 13.1. The fourth-order valence-corrected chi connectivity index (χ4v) is 4.72. The summed E-state index contributed by atoms with van der Waals surface area (Å²) in [6.45, 7) is 7.16. The number of aryl methyl sites for hydroxylation is 1. The first-order valence-corrected chi connectivity index (χ1v) is 9.06. The summed E-state index contributed by atoms with van der Waals surface area (Å²) in [5.74, 6) is -0.00912. The summed E-state index contributed by atoms with van der Waals surface area (Å²) in [7, 11) is 0. The number of ether oxygens (including phenoxy) is 1. The molecule has 2 aromatic rings. The third-order valence-corrected chi connectivity index (χ3v) is 5.86. The minimum atomic E-state index is -1.36. The van der Waals surface area contributed by atoms with E-state index in [1.165, 1.54) is 30.1 Å². The highest BCUT2D eigenvalue weighted by Crippen LogP contribution is 2.35. The van der Waals surface area contributed by atoms with E-state index in [-0.39, 0.29) is 6.61 Å². The van der Waals surface area contributed by atoms with Gasteiger partial charge in [-0.2, -0.15) is 0 Å². The fourth-order valence-electron chi connectivity index (χ4n) is 3.33. The van der Waals surface area contributed by atoms with Gasteiger partial charge in [0.15, 0.2) is 0 Å². The van der Waals surface area contributed by atoms with Crippen molar-refractivity contribution in [2.45, 2.75) is 52.5 Å². The Morgan fingerprint density at radius 2 is 2.12 bits per heavy atom. The monoisotopic (exact) mass is 350 g/mol. The molecule has 1 atom stereocenters. The maximum Gasteiger partial charge on any atom is 0.332 e. The quantitative estimate of drug-likeness (QED) is 0.860. The van der Waals surface area contributed by atoms with Gasteiger partial charge in [0.2, 0.25) is 0 Å². The summed E-state index contributed by atoms with van der Waals surface area (Å²) < 4.78 is 6.04. The van der Waals surface area contributed by atoms with Crippen LogP contribution < -0.4 is 11.2 Å². The largest absolute Gasteiger partial charge is 0.464 e. The molecule has 1 aliphatic rings. The number of fused-ring (bicyclic) bond motifs is 3. The molecule has 0 aliphatic heterocycles. The summed E-state index contributed by atoms with van der Waals surface area (Å²) in [4.78, 5) is 42.4. The average molecular weight is 350 g/mol. The molecule has 6 nitrogen and oxygen atoms in total. The first-order valence-electron chi connectivity index (χ1n) is 8.24. The van der Waals surface area contributed by atoms with E-state index in [1.54, 1.807) is 6.92 Å². The second-order valence-corrected chi connectivity index (χ2v) is 8.01. The van der Waals surface area contributed by atoms with Gasteiger partial charge in [0, 0.05) is 4.88 Å². The van der Waals surface area contributed by atoms with E-state index in [0.29, 0.717) is 16.1 Å². The van der Waals surface area contributed by atoms with Crippen LogP contribution in [0, 0.1) is 5.92 Å². The molecule has 0 radical (unpaired) electrons. The molecule has 1 unspecified atom stereocenters. The van der Waals surface area contributed by atoms with Gasteiger partial charge in [0.25, 0.3) is 5.56 Å². The van der Waals surface area contributed by atoms with E-state index in [2.05, 4.69) is 11.9 Å². The number of nitrogens with one attached hydrogen (secondary N) is 1. The van der Waals surface area contributed by atoms with Crippen LogP contribution in [-0.2, 0) is 27.9 Å². The number of aromatic amines is 1. The fraction of sp³-hybridized carbons (Fsp3) is 0.588. The van der Waals surface area contributed by atoms with Gasteiger partial charge in [0.1, 0.15) is 10.4 Å². The molecular formula is C17H22N2O4S. The summed E-state index contributed by atoms with van der Waals surface area (Å²) in [6, 6.07) is 0. The Morgan fingerprint density at radius 3 is 2.79 bits per heavy atom. The van der Waals surface area contributed by atoms with Crippen LogP contribution in [0.3, 0.4) is 0 Å². The van der Waals surface area contributed by atoms with Crippen molar-refractivity contribution in [3.05, 3.63) is 31.3 Å². The summed E-state index contributed by atoms with van der Waals surface area (Å²) in [5, 5.41) is 0.555. The minimum Gasteiger partial charge on any atom is -0.464 e. The molecule has 2 aromatic heterocycles. The van der Waals surface area contributed by atoms with Crippen LogP contribution >= 0.6 is 11.3 Å². The molecule has 1 aliphatic carbocycles. The molecule has 0 amide bonds. The van der Waals surface area contributed by atoms with Crippen LogP contribution in [0.25, 0.3) is 10.2 Å². The molecule has 24 heavy (non-hydrogen) atoms. The zero-order valence-corrected chi connectivity index (χ0v) is 15.2. The Bertz CT molecular complexity index is 919. The van der Waals surface area contributed by atoms with Crippen molar-refractivity contribution in [1.29, 1.82) is 0 Å². The highest BCUT2D eigenvalue weighted by molar-refractivity contribution is 7.18. The van der Waals surface area contributed by atoms with Gasteiger partial charge < -0.3 is 4.74 Å². The van der Waals surface area contributed by atoms with Crippen molar-refractivity contribution in [3.8, 4) is 0 Å². The van der Waals surface area contributed by atoms with E-state index in [1.807, 2.05) is 0 Å². The van der Waals surface area contributed by atoms with Gasteiger partial charge in [-0.3, -0.25) is 9.78 Å². The van der Waals surface area contributed by atoms with Crippen LogP contribution in [0.2, 0.25) is 0 Å². The predicted octanol–water partition coefficient (Wildman–Crippen LogP) is 2.17. The topological polar surface area (TPSA) is 81.2 Å². The van der Waals surface area contributed by atoms with Crippen molar-refractivity contribution >= 4 is 27.5 Å². The van der Waals surface area contributed by atoms with Crippen LogP contribution in [0.4, 0.5) is 0 Å². The molecule has 0 spiro atoms. The van der Waals surface area contributed by atoms with Crippen LogP contribution in [0.15, 0.2) is 9.59 Å². The zero-order valence-electron chi connectivity index (χ0n) is 14.4. The number of carbonyl (C=O) groups is 1. The van der Waals surface area contributed by atoms with E-state index in [9.17, 15) is 14.4 Å². The van der Waals surface area contributed by atoms with E-state index in [4.69, 9.17) is 4.74 Å². The Balaban J connectivity index is 2.26. The Labute approximate surface area is 143 Å². The highest BCUT2D eigenvalue weighted by atomic mass is 32.1. The van der Waals surface area contributed by atoms with Gasteiger partial charge in [-0.05, 0) is 51.5 Å². The summed E-state index contributed by atoms with van der Waals surface area (Å²) in [5.41, 5.74) is -1.30. The molecular weight excluding hydrogens is 328 g/mol. The smallest absolute Gasteiger partial charge is 0.332 e. The normalized spacial score (nSPS) is 17.8. The third kappa shape index (κ3) is 2.51. The molecule has 0 aromatic carbocycles. The number of H-pyrrole nitrogens is 1. The number of carbonyl (C=O) groups excluding carboxylic acids is 1. The molecule has 0 bridgehead atoms. The van der Waals surface area contributed by atoms with Gasteiger partial charge in [-0.15, -0.1) is 11.3 Å². The number of thiophene rings is 1. The number of hydrogen-bond acceptors (Lipinski definition) is 5. The van der Waals surface area contributed by atoms with Gasteiger partial charge in [-0.1, -0.05) is 6.92 Å². The lowest BCUT2D eigenvalue weighted by molar-refractivity contribution is -0.152. The molecule has 3 rings (SSSR count). The molecule has 1 N–H and O–H groups in total. The zero-order chi connectivity index (χ0) is 17.6. The standard InChI is InChI=1S/C17H22N2O4S/c1-5-23-15(21)17(3,4)19-14(20)12-10-7-6-9(2)8-11(10)24-13(12)18-16(19)22/h9H,5-8H2,1-4H3,(H,18,22). The highest BCUT2D eigenvalue weighted by Gasteiger charge is 2.36. The van der Waals surface area contributed by atoms with Crippen LogP contribution in [0.1, 0.15) is 44.6 Å². The summed E-state index contributed by atoms with van der Waals surface area (Å²) >= 11 is 1.48. The summed E-state index contributed by atoms with van der Waals surface area (Å²) in [6.07, 6.45) is 2.79. The van der Waals surface area contributed by atoms with Crippen molar-refractivity contribution < 1.29 is 9.53 Å². The Morgan fingerprint density at radius 1 is 1.42 bits per heavy atom. The molecule has 130 valence electrons. The van der Waals surface area contributed by atoms with Gasteiger partial charge >= 0.3 is 11.7 Å². The lowest BCUT2D eigenvalue weighted by Gasteiger charge is -2.24. The second kappa shape index (κ2) is 5.88. The van der Waals surface area contributed by atoms with Gasteiger partial charge in [0.05, 0.1) is 12.0 Å². The van der Waals surface area contributed by atoms with Gasteiger partial charge in [-0.25, -0.2) is 14.2 Å². The van der Waals surface area contributed by atoms with Crippen molar-refractivity contribution in [3.63, 3.8) is 0 Å². The molecule has 0 saturated carbocycles. The first-order chi connectivity index (χ1) is 11.3. The van der Waals surface area contributed by atoms with E-state index >= 15 is 0 Å². The van der Waals surface area contributed by atoms with Crippen molar-refractivity contribution in [1.82, 2.24) is 9.55 Å². The van der Waals surface area contributed by atoms with Crippen molar-refractivity contribution in [2.24, 2.45) is 5.92 Å². The maximum atomic E-state index is 13.1. The number of rotatable bonds is 3. The number of esters is 1. The number of hydrogen-bond donors (Lipinski definition) is 1. The van der Waals surface area contributed by atoms with E-state index < -0.39 is 22.8 Å². The molecule has 0 fully saturated rings. The number of aromatic nitrogens is 2. The minimum absolute atomic E-state index is 0.197. The lowest BCUT2D eigenvalue weighted by atomic mass is 9.89. The second-order valence-electron chi connectivity index (χ2n) is 6.91. The molecule has 2 heterocycles. The molecule has 0 saturated heterocycles. The Hall–Kier alpha value is -1.89. The van der Waals surface area contributed by atoms with Crippen LogP contribution in [-0.4, -0.2) is 22.1 Å². The van der Waals surface area contributed by atoms with Crippen molar-refractivity contribution in [2.75, 3.05) is 6.61 Å². The van der Waals surface area contributed by atoms with Crippen LogP contribution in [0.5, 0.6) is 0 Å². The lowest BCUT2D eigenvalue weighted by Crippen LogP contribution is -2.51. The third-order valence-electron chi connectivity index (χ3n) is 4.69. The molecule has 7 heteroatoms. The number of nitrogens with zero attached hydrogens (tertiary/aromatic N) is 1. The average Bonchev–Trinajstić information content (AvgIpc) is 2.84.